The van der Waals surface area contributed by atoms with Crippen LogP contribution in [0.4, 0.5) is 9.18 Å². The molecule has 148 valence electrons. The van der Waals surface area contributed by atoms with Gasteiger partial charge >= 0.3 is 6.09 Å². The topological polar surface area (TPSA) is 69.2 Å². The zero-order valence-corrected chi connectivity index (χ0v) is 16.6. The number of aromatic nitrogens is 2. The molecule has 1 heterocycles. The molecular weight excluding hydrogens is 345 g/mol. The van der Waals surface area contributed by atoms with E-state index >= 15 is 0 Å². The molecule has 27 heavy (non-hydrogen) atoms. The van der Waals surface area contributed by atoms with Crippen LogP contribution in [0.15, 0.2) is 30.5 Å². The average molecular weight is 375 g/mol. The van der Waals surface area contributed by atoms with E-state index in [1.165, 1.54) is 17.0 Å². The highest BCUT2D eigenvalue weighted by Gasteiger charge is 2.35. The third kappa shape index (κ3) is 5.55. The number of hydrogen-bond acceptors (Lipinski definition) is 2. The monoisotopic (exact) mass is 375 g/mol. The van der Waals surface area contributed by atoms with Gasteiger partial charge in [-0.3, -0.25) is 4.90 Å². The summed E-state index contributed by atoms with van der Waals surface area (Å²) in [6, 6.07) is 5.78. The lowest BCUT2D eigenvalue weighted by Gasteiger charge is -2.38. The Kier molecular flexibility index (Phi) is 6.99. The summed E-state index contributed by atoms with van der Waals surface area (Å²) in [6.07, 6.45) is 5.77. The van der Waals surface area contributed by atoms with E-state index < -0.39 is 11.6 Å². The molecule has 6 heteroatoms. The number of hydrogen-bond donors (Lipinski definition) is 2. The van der Waals surface area contributed by atoms with E-state index in [2.05, 4.69) is 16.9 Å². The molecule has 2 aromatic rings. The fraction of sp³-hybridized carbons (Fsp3) is 0.524. The Morgan fingerprint density at radius 3 is 2.44 bits per heavy atom. The molecule has 0 aliphatic carbocycles. The van der Waals surface area contributed by atoms with E-state index in [4.69, 9.17) is 0 Å². The van der Waals surface area contributed by atoms with Crippen LogP contribution < -0.4 is 0 Å². The normalized spacial score (nSPS) is 12.8. The fourth-order valence-corrected chi connectivity index (χ4v) is 3.32. The van der Waals surface area contributed by atoms with Crippen molar-refractivity contribution in [2.45, 2.75) is 71.4 Å². The van der Waals surface area contributed by atoms with Crippen molar-refractivity contribution in [2.24, 2.45) is 0 Å². The van der Waals surface area contributed by atoms with Crippen molar-refractivity contribution >= 4 is 6.09 Å². The predicted molar refractivity (Wildman–Crippen MR) is 105 cm³/mol. The smallest absolute Gasteiger partial charge is 0.408 e. The van der Waals surface area contributed by atoms with Gasteiger partial charge in [0.15, 0.2) is 0 Å². The minimum Gasteiger partial charge on any atom is -0.465 e. The fourth-order valence-electron chi connectivity index (χ4n) is 3.32. The molecule has 0 saturated carbocycles. The second-order valence-electron chi connectivity index (χ2n) is 7.87. The molecule has 0 radical (unpaired) electrons. The standard InChI is InChI=1S/C21H30FN3O2/c1-5-6-7-8-9-18(25(20(26)27)21(2,3)4)19-23-14-17(24-19)15-10-12-16(22)13-11-15/h10-14,18H,5-9H2,1-4H3,(H,23,24)(H,26,27). The predicted octanol–water partition coefficient (Wildman–Crippen LogP) is 6.01. The van der Waals surface area contributed by atoms with Gasteiger partial charge in [-0.25, -0.2) is 14.2 Å². The molecule has 0 saturated heterocycles. The van der Waals surface area contributed by atoms with Gasteiger partial charge in [-0.05, 0) is 51.5 Å². The van der Waals surface area contributed by atoms with Crippen molar-refractivity contribution in [2.75, 3.05) is 0 Å². The second-order valence-corrected chi connectivity index (χ2v) is 7.87. The number of halogens is 1. The number of benzene rings is 1. The van der Waals surface area contributed by atoms with Crippen molar-refractivity contribution in [1.29, 1.82) is 0 Å². The number of amides is 1. The van der Waals surface area contributed by atoms with E-state index in [0.717, 1.165) is 31.2 Å². The van der Waals surface area contributed by atoms with Gasteiger partial charge in [-0.15, -0.1) is 0 Å². The zero-order valence-electron chi connectivity index (χ0n) is 16.6. The van der Waals surface area contributed by atoms with Crippen LogP contribution in [-0.4, -0.2) is 31.6 Å². The van der Waals surface area contributed by atoms with Crippen molar-refractivity contribution < 1.29 is 14.3 Å². The first-order valence-corrected chi connectivity index (χ1v) is 9.57. The summed E-state index contributed by atoms with van der Waals surface area (Å²) in [4.78, 5) is 21.3. The molecule has 0 spiro atoms. The van der Waals surface area contributed by atoms with E-state index in [1.807, 2.05) is 20.8 Å². The van der Waals surface area contributed by atoms with Crippen LogP contribution >= 0.6 is 0 Å². The van der Waals surface area contributed by atoms with Gasteiger partial charge in [0.25, 0.3) is 0 Å². The highest BCUT2D eigenvalue weighted by molar-refractivity contribution is 5.67. The molecule has 1 aromatic carbocycles. The number of nitrogens with one attached hydrogen (secondary N) is 1. The van der Waals surface area contributed by atoms with Crippen molar-refractivity contribution in [3.05, 3.63) is 42.1 Å². The van der Waals surface area contributed by atoms with Gasteiger partial charge in [-0.1, -0.05) is 32.6 Å². The maximum absolute atomic E-state index is 13.2. The molecule has 1 unspecified atom stereocenters. The van der Waals surface area contributed by atoms with Gasteiger partial charge in [0, 0.05) is 17.3 Å². The van der Waals surface area contributed by atoms with Gasteiger partial charge in [0.05, 0.1) is 11.7 Å². The number of nitrogens with zero attached hydrogens (tertiary/aromatic N) is 2. The first-order valence-electron chi connectivity index (χ1n) is 9.57. The number of carboxylic acid groups (broad SMARTS) is 1. The summed E-state index contributed by atoms with van der Waals surface area (Å²) in [5.41, 5.74) is 0.924. The van der Waals surface area contributed by atoms with E-state index in [0.29, 0.717) is 17.9 Å². The lowest BCUT2D eigenvalue weighted by atomic mass is 9.99. The van der Waals surface area contributed by atoms with Crippen LogP contribution in [0, 0.1) is 5.82 Å². The number of imidazole rings is 1. The van der Waals surface area contributed by atoms with Crippen molar-refractivity contribution in [3.63, 3.8) is 0 Å². The number of unbranched alkanes of at least 4 members (excludes halogenated alkanes) is 3. The molecule has 5 nitrogen and oxygen atoms in total. The Balaban J connectivity index is 2.32. The van der Waals surface area contributed by atoms with Crippen LogP contribution in [0.3, 0.4) is 0 Å². The molecule has 0 aliphatic rings. The third-order valence-electron chi connectivity index (χ3n) is 4.62. The van der Waals surface area contributed by atoms with Crippen molar-refractivity contribution in [3.8, 4) is 11.3 Å². The number of H-pyrrole nitrogens is 1. The quantitative estimate of drug-likeness (QED) is 0.555. The Morgan fingerprint density at radius 1 is 1.22 bits per heavy atom. The summed E-state index contributed by atoms with van der Waals surface area (Å²) < 4.78 is 13.2. The summed E-state index contributed by atoms with van der Waals surface area (Å²) in [7, 11) is 0. The molecule has 2 N–H and O–H groups in total. The molecule has 2 rings (SSSR count). The van der Waals surface area contributed by atoms with Gasteiger partial charge in [0.1, 0.15) is 11.6 Å². The van der Waals surface area contributed by atoms with E-state index in [9.17, 15) is 14.3 Å². The number of aromatic amines is 1. The summed E-state index contributed by atoms with van der Waals surface area (Å²) >= 11 is 0. The summed E-state index contributed by atoms with van der Waals surface area (Å²) in [5.74, 6) is 0.330. The average Bonchev–Trinajstić information content (AvgIpc) is 3.06. The molecule has 1 amide bonds. The largest absolute Gasteiger partial charge is 0.465 e. The molecule has 0 aliphatic heterocycles. The van der Waals surface area contributed by atoms with Crippen LogP contribution in [0.2, 0.25) is 0 Å². The first-order chi connectivity index (χ1) is 12.7. The highest BCUT2D eigenvalue weighted by atomic mass is 19.1. The molecular formula is C21H30FN3O2. The van der Waals surface area contributed by atoms with Gasteiger partial charge in [-0.2, -0.15) is 0 Å². The van der Waals surface area contributed by atoms with E-state index in [1.54, 1.807) is 18.3 Å². The maximum Gasteiger partial charge on any atom is 0.408 e. The van der Waals surface area contributed by atoms with Crippen LogP contribution in [0.1, 0.15) is 71.7 Å². The summed E-state index contributed by atoms with van der Waals surface area (Å²) in [6.45, 7) is 7.83. The Hall–Kier alpha value is -2.37. The van der Waals surface area contributed by atoms with Crippen LogP contribution in [0.5, 0.6) is 0 Å². The lowest BCUT2D eigenvalue weighted by Crippen LogP contribution is -2.47. The van der Waals surface area contributed by atoms with Crippen LogP contribution in [-0.2, 0) is 0 Å². The molecule has 1 atom stereocenters. The van der Waals surface area contributed by atoms with Gasteiger partial charge < -0.3 is 10.1 Å². The second kappa shape index (κ2) is 9.02. The Bertz CT molecular complexity index is 735. The first kappa shape index (κ1) is 20.9. The lowest BCUT2D eigenvalue weighted by molar-refractivity contribution is 0.0630. The van der Waals surface area contributed by atoms with Crippen molar-refractivity contribution in [1.82, 2.24) is 14.9 Å². The SMILES string of the molecule is CCCCCCC(c1nc(-c2ccc(F)cc2)c[nH]1)N(C(=O)O)C(C)(C)C. The summed E-state index contributed by atoms with van der Waals surface area (Å²) in [5, 5.41) is 9.84. The minimum absolute atomic E-state index is 0.298. The maximum atomic E-state index is 13.2. The highest BCUT2D eigenvalue weighted by Crippen LogP contribution is 2.32. The zero-order chi connectivity index (χ0) is 20.0. The molecule has 0 fully saturated rings. The third-order valence-corrected chi connectivity index (χ3v) is 4.62. The Labute approximate surface area is 160 Å². The van der Waals surface area contributed by atoms with Crippen LogP contribution in [0.25, 0.3) is 11.3 Å². The number of rotatable bonds is 8. The van der Waals surface area contributed by atoms with E-state index in [-0.39, 0.29) is 11.9 Å². The van der Waals surface area contributed by atoms with Gasteiger partial charge in [0.2, 0.25) is 0 Å². The number of carbonyl (C=O) groups is 1. The molecule has 1 aromatic heterocycles. The molecule has 0 bridgehead atoms. The Morgan fingerprint density at radius 2 is 1.89 bits per heavy atom. The minimum atomic E-state index is -0.956.